The number of nitrogens with two attached hydrogens (primary N) is 1. The minimum Gasteiger partial charge on any atom is -0.393 e. The Labute approximate surface area is 123 Å². The highest BCUT2D eigenvalue weighted by atomic mass is 127. The summed E-state index contributed by atoms with van der Waals surface area (Å²) < 4.78 is 1.27. The molecule has 0 bridgehead atoms. The van der Waals surface area contributed by atoms with Crippen molar-refractivity contribution in [3.63, 3.8) is 0 Å². The summed E-state index contributed by atoms with van der Waals surface area (Å²) in [6.07, 6.45) is 0.790. The predicted molar refractivity (Wildman–Crippen MR) is 86.1 cm³/mol. The van der Waals surface area contributed by atoms with Crippen molar-refractivity contribution < 1.29 is 0 Å². The van der Waals surface area contributed by atoms with Crippen LogP contribution in [0.1, 0.15) is 25.8 Å². The second-order valence-electron chi connectivity index (χ2n) is 4.41. The Bertz CT molecular complexity index is 362. The van der Waals surface area contributed by atoms with Gasteiger partial charge in [0, 0.05) is 29.1 Å². The van der Waals surface area contributed by atoms with E-state index in [4.69, 9.17) is 18.0 Å². The second-order valence-corrected chi connectivity index (χ2v) is 6.18. The summed E-state index contributed by atoms with van der Waals surface area (Å²) in [5, 5.41) is 0. The van der Waals surface area contributed by atoms with E-state index in [2.05, 4.69) is 65.6 Å². The average Bonchev–Trinajstić information content (AvgIpc) is 2.26. The number of hydrogen-bond donors (Lipinski definition) is 1. The van der Waals surface area contributed by atoms with Gasteiger partial charge in [0.05, 0.1) is 4.99 Å². The molecule has 94 valence electrons. The molecule has 0 aliphatic heterocycles. The molecule has 0 amide bonds. The summed E-state index contributed by atoms with van der Waals surface area (Å²) in [6.45, 7) is 6.29. The maximum atomic E-state index is 5.56. The summed E-state index contributed by atoms with van der Waals surface area (Å²) in [6, 6.07) is 9.14. The molecule has 0 spiro atoms. The van der Waals surface area contributed by atoms with Crippen molar-refractivity contribution in [1.29, 1.82) is 0 Å². The maximum Gasteiger partial charge on any atom is 0.0740 e. The van der Waals surface area contributed by atoms with Crippen LogP contribution in [0.5, 0.6) is 0 Å². The zero-order chi connectivity index (χ0) is 12.8. The van der Waals surface area contributed by atoms with Gasteiger partial charge in [-0.05, 0) is 54.1 Å². The van der Waals surface area contributed by atoms with Gasteiger partial charge in [-0.25, -0.2) is 0 Å². The van der Waals surface area contributed by atoms with E-state index in [-0.39, 0.29) is 0 Å². The monoisotopic (exact) mass is 362 g/mol. The van der Waals surface area contributed by atoms with Gasteiger partial charge in [-0.3, -0.25) is 4.90 Å². The van der Waals surface area contributed by atoms with E-state index in [1.54, 1.807) is 0 Å². The van der Waals surface area contributed by atoms with Gasteiger partial charge in [0.15, 0.2) is 0 Å². The van der Waals surface area contributed by atoms with Crippen molar-refractivity contribution in [2.75, 3.05) is 6.54 Å². The number of rotatable bonds is 6. The molecule has 1 aromatic rings. The van der Waals surface area contributed by atoms with Crippen molar-refractivity contribution in [2.45, 2.75) is 32.9 Å². The Morgan fingerprint density at radius 3 is 2.41 bits per heavy atom. The fourth-order valence-electron chi connectivity index (χ4n) is 1.60. The van der Waals surface area contributed by atoms with Crippen LogP contribution in [0.25, 0.3) is 0 Å². The minimum absolute atomic E-state index is 0.503. The first kappa shape index (κ1) is 14.9. The molecule has 0 aliphatic rings. The minimum atomic E-state index is 0.503. The third kappa shape index (κ3) is 5.79. The number of hydrogen-bond acceptors (Lipinski definition) is 2. The molecule has 2 N–H and O–H groups in total. The number of nitrogens with zero attached hydrogens (tertiary/aromatic N) is 1. The Morgan fingerprint density at radius 1 is 1.35 bits per heavy atom. The van der Waals surface area contributed by atoms with Gasteiger partial charge in [-0.1, -0.05) is 24.4 Å². The Kier molecular flexibility index (Phi) is 6.37. The van der Waals surface area contributed by atoms with Gasteiger partial charge >= 0.3 is 0 Å². The Hall–Kier alpha value is -0.200. The first-order valence-corrected chi connectivity index (χ1v) is 7.24. The van der Waals surface area contributed by atoms with E-state index >= 15 is 0 Å². The van der Waals surface area contributed by atoms with Gasteiger partial charge < -0.3 is 5.73 Å². The summed E-state index contributed by atoms with van der Waals surface area (Å²) in [5.41, 5.74) is 6.89. The molecule has 0 unspecified atom stereocenters. The normalized spacial score (nSPS) is 11.1. The molecule has 0 saturated carbocycles. The molecule has 0 aromatic heterocycles. The van der Waals surface area contributed by atoms with E-state index in [0.717, 1.165) is 19.5 Å². The van der Waals surface area contributed by atoms with E-state index in [0.29, 0.717) is 11.0 Å². The largest absolute Gasteiger partial charge is 0.393 e. The van der Waals surface area contributed by atoms with Gasteiger partial charge in [0.2, 0.25) is 0 Å². The summed E-state index contributed by atoms with van der Waals surface area (Å²) in [4.78, 5) is 2.99. The number of benzene rings is 1. The van der Waals surface area contributed by atoms with E-state index < -0.39 is 0 Å². The third-order valence-corrected chi connectivity index (χ3v) is 3.60. The van der Waals surface area contributed by atoms with Crippen molar-refractivity contribution in [1.82, 2.24) is 4.90 Å². The molecule has 0 radical (unpaired) electrons. The van der Waals surface area contributed by atoms with Gasteiger partial charge in [-0.15, -0.1) is 0 Å². The van der Waals surface area contributed by atoms with Crippen LogP contribution in [-0.2, 0) is 6.54 Å². The SMILES string of the molecule is CC(C)N(CCC(N)=S)Cc1ccc(I)cc1. The molecular weight excluding hydrogens is 343 g/mol. The molecule has 1 aromatic carbocycles. The van der Waals surface area contributed by atoms with Gasteiger partial charge in [0.1, 0.15) is 0 Å². The van der Waals surface area contributed by atoms with Crippen LogP contribution in [-0.4, -0.2) is 22.5 Å². The lowest BCUT2D eigenvalue weighted by Gasteiger charge is -2.26. The molecule has 17 heavy (non-hydrogen) atoms. The van der Waals surface area contributed by atoms with Crippen molar-refractivity contribution >= 4 is 39.8 Å². The highest BCUT2D eigenvalue weighted by Crippen LogP contribution is 2.11. The van der Waals surface area contributed by atoms with Crippen LogP contribution in [0.4, 0.5) is 0 Å². The second kappa shape index (κ2) is 7.28. The van der Waals surface area contributed by atoms with Crippen molar-refractivity contribution in [3.05, 3.63) is 33.4 Å². The maximum absolute atomic E-state index is 5.56. The molecule has 0 atom stereocenters. The molecule has 0 heterocycles. The highest BCUT2D eigenvalue weighted by Gasteiger charge is 2.10. The van der Waals surface area contributed by atoms with Crippen LogP contribution in [0.3, 0.4) is 0 Å². The van der Waals surface area contributed by atoms with Crippen LogP contribution in [0.2, 0.25) is 0 Å². The first-order valence-electron chi connectivity index (χ1n) is 5.76. The third-order valence-electron chi connectivity index (χ3n) is 2.67. The summed E-state index contributed by atoms with van der Waals surface area (Å²) in [5.74, 6) is 0. The fraction of sp³-hybridized carbons (Fsp3) is 0.462. The molecule has 0 aliphatic carbocycles. The standard InChI is InChI=1S/C13H19IN2S/c1-10(2)16(8-7-13(15)17)9-11-3-5-12(14)6-4-11/h3-6,10H,7-9H2,1-2H3,(H2,15,17). The van der Waals surface area contributed by atoms with E-state index in [1.807, 2.05) is 0 Å². The summed E-state index contributed by atoms with van der Waals surface area (Å²) in [7, 11) is 0. The average molecular weight is 362 g/mol. The quantitative estimate of drug-likeness (QED) is 0.623. The topological polar surface area (TPSA) is 29.3 Å². The lowest BCUT2D eigenvalue weighted by molar-refractivity contribution is 0.219. The number of halogens is 1. The van der Waals surface area contributed by atoms with E-state index in [1.165, 1.54) is 9.13 Å². The Balaban J connectivity index is 2.60. The number of thiocarbonyl (C=S) groups is 1. The zero-order valence-corrected chi connectivity index (χ0v) is 13.3. The molecule has 1 rings (SSSR count). The molecule has 0 saturated heterocycles. The molecule has 4 heteroatoms. The molecule has 0 fully saturated rings. The molecule has 2 nitrogen and oxygen atoms in total. The lowest BCUT2D eigenvalue weighted by atomic mass is 10.2. The van der Waals surface area contributed by atoms with Crippen LogP contribution in [0.15, 0.2) is 24.3 Å². The lowest BCUT2D eigenvalue weighted by Crippen LogP contribution is -2.33. The van der Waals surface area contributed by atoms with Gasteiger partial charge in [-0.2, -0.15) is 0 Å². The predicted octanol–water partition coefficient (Wildman–Crippen LogP) is 3.18. The first-order chi connectivity index (χ1) is 7.99. The summed E-state index contributed by atoms with van der Waals surface area (Å²) >= 11 is 7.25. The smallest absolute Gasteiger partial charge is 0.0740 e. The Morgan fingerprint density at radius 2 is 1.94 bits per heavy atom. The molecular formula is C13H19IN2S. The van der Waals surface area contributed by atoms with Crippen molar-refractivity contribution in [3.8, 4) is 0 Å². The zero-order valence-electron chi connectivity index (χ0n) is 10.3. The van der Waals surface area contributed by atoms with Crippen LogP contribution in [0, 0.1) is 3.57 Å². The van der Waals surface area contributed by atoms with E-state index in [9.17, 15) is 0 Å². The van der Waals surface area contributed by atoms with Crippen LogP contribution >= 0.6 is 34.8 Å². The fourth-order valence-corrected chi connectivity index (χ4v) is 2.05. The van der Waals surface area contributed by atoms with Crippen molar-refractivity contribution in [2.24, 2.45) is 5.73 Å². The van der Waals surface area contributed by atoms with Gasteiger partial charge in [0.25, 0.3) is 0 Å². The highest BCUT2D eigenvalue weighted by molar-refractivity contribution is 14.1. The van der Waals surface area contributed by atoms with Crippen LogP contribution < -0.4 is 5.73 Å².